The molecule has 0 heterocycles. The van der Waals surface area contributed by atoms with Gasteiger partial charge in [0.15, 0.2) is 49.2 Å². The minimum Gasteiger partial charge on any atom is -0.380 e. The molecule has 10 saturated carbocycles. The minimum absolute atomic E-state index is 0. The van der Waals surface area contributed by atoms with Crippen molar-refractivity contribution in [1.82, 2.24) is 19.6 Å². The van der Waals surface area contributed by atoms with Crippen LogP contribution in [0.3, 0.4) is 0 Å². The fourth-order valence-electron chi connectivity index (χ4n) is 10.1. The van der Waals surface area contributed by atoms with Gasteiger partial charge in [-0.05, 0) is 289 Å². The standard InChI is InChI=1S/C58H85N4O16S5.5C5H5.5Fe/c1-53(63)62(32-42-83(72,73)47-37-78-52-58-20-10-11-21-58)27-26-59(22-24-60(28-38-79(64,65)43-33-74-48-54-12-2-3-13-54)29-39-80(66,67)44-34-75-49-55-14-4-5-15-55)23-25-61(30-40-81(68,69)45-35-76-50-56-16-6-7-17-56)31-41-82(70,71)46-36-77-51-57-18-8-9-19-57;5*1-2-4-5-3-1;;;;;/h2-21H,22-52H2,1H3;5*1-5H;;;;;/q;;;;;;5*+2. The van der Waals surface area contributed by atoms with Gasteiger partial charge in [0.2, 0.25) is 5.91 Å². The Morgan fingerprint density at radius 1 is 0.221 bits per heavy atom. The van der Waals surface area contributed by atoms with Gasteiger partial charge in [-0.15, -0.1) is 0 Å². The predicted octanol–water partition coefficient (Wildman–Crippen LogP) is 6.02. The largest absolute Gasteiger partial charge is 2.00 e. The van der Waals surface area contributed by atoms with Gasteiger partial charge in [-0.2, -0.15) is 0 Å². The van der Waals surface area contributed by atoms with Crippen molar-refractivity contribution < 1.29 is 156 Å². The Morgan fingerprint density at radius 2 is 0.372 bits per heavy atom. The molecule has 0 aromatic heterocycles. The van der Waals surface area contributed by atoms with Crippen LogP contribution in [-0.4, -0.2) is 263 Å². The summed E-state index contributed by atoms with van der Waals surface area (Å²) < 4.78 is 162. The molecule has 0 bridgehead atoms. The van der Waals surface area contributed by atoms with Crippen LogP contribution in [-0.2, 0) is 163 Å². The molecular weight excluding hydrogens is 1750 g/mol. The summed E-state index contributed by atoms with van der Waals surface area (Å²) in [5.41, 5.74) is 0. The fourth-order valence-corrected chi connectivity index (χ4v) is 15.7. The van der Waals surface area contributed by atoms with Crippen molar-refractivity contribution in [2.45, 2.75) is 6.92 Å². The van der Waals surface area contributed by atoms with Crippen molar-refractivity contribution in [3.05, 3.63) is 319 Å². The van der Waals surface area contributed by atoms with Crippen molar-refractivity contribution in [3.8, 4) is 0 Å². The summed E-state index contributed by atoms with van der Waals surface area (Å²) in [6, 6.07) is 0. The van der Waals surface area contributed by atoms with Gasteiger partial charge in [0, 0.05) is 109 Å². The molecule has 0 N–H and O–H groups in total. The molecule has 0 saturated heterocycles. The Labute approximate surface area is 745 Å². The van der Waals surface area contributed by atoms with Crippen molar-refractivity contribution in [2.24, 2.45) is 0 Å². The molecule has 10 fully saturated rings. The number of amides is 1. The smallest absolute Gasteiger partial charge is 0.380 e. The second-order valence-electron chi connectivity index (χ2n) is 25.3. The van der Waals surface area contributed by atoms with Crippen LogP contribution in [0, 0.1) is 319 Å². The van der Waals surface area contributed by atoms with E-state index < -0.39 is 49.2 Å². The average Bonchev–Trinajstić information content (AvgIpc) is 1.89. The maximum absolute atomic E-state index is 13.4. The molecule has 0 aromatic rings. The molecule has 0 spiro atoms. The van der Waals surface area contributed by atoms with Gasteiger partial charge >= 0.3 is 85.3 Å². The van der Waals surface area contributed by atoms with Crippen LogP contribution in [0.5, 0.6) is 0 Å². The first-order valence-electron chi connectivity index (χ1n) is 36.3. The number of hydrogen-bond acceptors (Lipinski definition) is 19. The number of sulfone groups is 5. The molecule has 0 unspecified atom stereocenters. The molecule has 0 atom stereocenters. The molecule has 10 rings (SSSR count). The van der Waals surface area contributed by atoms with E-state index in [9.17, 15) is 46.9 Å². The van der Waals surface area contributed by atoms with Crippen LogP contribution in [0.15, 0.2) is 0 Å². The van der Waals surface area contributed by atoms with Crippen LogP contribution in [0.1, 0.15) is 6.92 Å². The quantitative estimate of drug-likeness (QED) is 0.0499. The van der Waals surface area contributed by atoms with Crippen LogP contribution in [0.4, 0.5) is 0 Å². The zero-order valence-electron chi connectivity index (χ0n) is 64.0. The van der Waals surface area contributed by atoms with E-state index in [2.05, 4.69) is 0 Å². The van der Waals surface area contributed by atoms with Crippen molar-refractivity contribution in [1.29, 1.82) is 0 Å². The monoisotopic (exact) mass is 1860 g/mol. The Balaban J connectivity index is 0.00000351. The summed E-state index contributed by atoms with van der Waals surface area (Å²) in [6.45, 7) is 3.14. The number of carbonyl (C=O) groups is 1. The van der Waals surface area contributed by atoms with E-state index in [-0.39, 0.29) is 287 Å². The van der Waals surface area contributed by atoms with E-state index in [1.807, 2.05) is 294 Å². The summed E-state index contributed by atoms with van der Waals surface area (Å²) in [7, 11) is -18.4. The van der Waals surface area contributed by atoms with E-state index >= 15 is 0 Å². The number of rotatable bonds is 49. The maximum Gasteiger partial charge on any atom is 2.00 e. The van der Waals surface area contributed by atoms with Crippen molar-refractivity contribution in [2.75, 3.05) is 196 Å². The topological polar surface area (TPSA) is 247 Å². The van der Waals surface area contributed by atoms with Gasteiger partial charge in [0.1, 0.15) is 0 Å². The van der Waals surface area contributed by atoms with Gasteiger partial charge in [0.05, 0.1) is 124 Å². The zero-order valence-corrected chi connectivity index (χ0v) is 73.6. The van der Waals surface area contributed by atoms with Gasteiger partial charge in [-0.1, -0.05) is 0 Å². The number of nitrogens with zero attached hydrogens (tertiary/aromatic N) is 4. The first-order valence-corrected chi connectivity index (χ1v) is 45.4. The van der Waals surface area contributed by atoms with E-state index in [4.69, 9.17) is 23.7 Å². The molecule has 20 nitrogen and oxygen atoms in total. The second-order valence-corrected chi connectivity index (χ2v) is 36.8. The molecule has 0 aromatic carbocycles. The molecule has 30 heteroatoms. The predicted molar refractivity (Wildman–Crippen MR) is 429 cm³/mol. The molecule has 10 aliphatic carbocycles. The van der Waals surface area contributed by atoms with Gasteiger partial charge < -0.3 is 38.4 Å². The third-order valence-electron chi connectivity index (χ3n) is 16.6. The zero-order chi connectivity index (χ0) is 77.5. The minimum atomic E-state index is -3.68. The Kier molecular flexibility index (Phi) is 71.7. The van der Waals surface area contributed by atoms with Gasteiger partial charge in [0.25, 0.3) is 0 Å². The fraction of sp³-hybridized carbons (Fsp3) is 0.386. The SMILES string of the molecule is CC(=O)N(CCN(CCN(CCS(=O)(=O)CCOC[C]1[CH][CH][CH][CH]1)CCS(=O)(=O)CCOC[C]1[CH][CH][CH][CH]1)CCN(CCS(=O)(=O)CCOC[C]1[CH][CH][CH][CH]1)CCS(=O)(=O)CCOC[C]1[CH][CH][CH][CH]1)CCS(=O)(=O)CCOC[C]1[CH][CH][CH][CH]1.[CH]1[CH][CH][CH][CH]1.[CH]1[CH][CH][CH][CH]1.[CH]1[CH][CH][CH][CH]1.[CH]1[CH][CH][CH][CH]1.[CH]1[CH][CH][CH][CH]1.[Fe+2].[Fe+2].[Fe+2].[Fe+2].[Fe+2]. The molecular formula is C83H110Fe5N4O16S5+10. The Hall–Kier alpha value is 1.50. The van der Waals surface area contributed by atoms with Crippen LogP contribution < -0.4 is 0 Å². The summed E-state index contributed by atoms with van der Waals surface area (Å²) >= 11 is 0. The molecule has 1 amide bonds. The van der Waals surface area contributed by atoms with Crippen molar-refractivity contribution in [3.63, 3.8) is 0 Å². The average molecular weight is 1860 g/mol. The summed E-state index contributed by atoms with van der Waals surface area (Å²) in [6.07, 6.45) is 87.3. The van der Waals surface area contributed by atoms with E-state index in [1.54, 1.807) is 9.80 Å². The molecule has 618 valence electrons. The normalized spacial score (nSPS) is 19.2. The maximum atomic E-state index is 13.4. The first-order chi connectivity index (χ1) is 52.1. The molecule has 113 heavy (non-hydrogen) atoms. The number of hydrogen-bond donors (Lipinski definition) is 0. The van der Waals surface area contributed by atoms with E-state index in [0.29, 0.717) is 0 Å². The Morgan fingerprint density at radius 3 is 0.540 bits per heavy atom. The summed E-state index contributed by atoms with van der Waals surface area (Å²) in [5, 5.41) is 0. The van der Waals surface area contributed by atoms with Crippen molar-refractivity contribution >= 4 is 55.1 Å². The number of carbonyl (C=O) groups excluding carboxylic acids is 1. The first kappa shape index (κ1) is 114. The van der Waals surface area contributed by atoms with Crippen LogP contribution >= 0.6 is 0 Å². The third kappa shape index (κ3) is 62.3. The van der Waals surface area contributed by atoms with E-state index in [0.717, 1.165) is 29.6 Å². The van der Waals surface area contributed by atoms with Gasteiger partial charge in [-0.25, -0.2) is 42.1 Å². The third-order valence-corrected chi connectivity index (χ3v) is 24.6. The molecule has 10 aliphatic rings. The summed E-state index contributed by atoms with van der Waals surface area (Å²) in [5.74, 6) is 1.40. The molecule has 0 aliphatic heterocycles. The molecule has 50 radical (unpaired) electrons. The van der Waals surface area contributed by atoms with E-state index in [1.165, 1.54) is 11.8 Å². The number of ether oxygens (including phenoxy) is 5. The van der Waals surface area contributed by atoms with Crippen LogP contribution in [0.2, 0.25) is 0 Å². The van der Waals surface area contributed by atoms with Crippen LogP contribution in [0.25, 0.3) is 0 Å². The Bertz CT molecular complexity index is 2480. The van der Waals surface area contributed by atoms with Gasteiger partial charge in [-0.3, -0.25) is 9.69 Å². The second kappa shape index (κ2) is 70.7. The summed E-state index contributed by atoms with van der Waals surface area (Å²) in [4.78, 5) is 20.0.